The fraction of sp³-hybridized carbons (Fsp3) is 0.0526. The number of amides is 1. The van der Waals surface area contributed by atoms with Crippen molar-refractivity contribution in [1.82, 2.24) is 10.3 Å². The summed E-state index contributed by atoms with van der Waals surface area (Å²) in [7, 11) is 0. The number of nitrogens with zero attached hydrogens (tertiary/aromatic N) is 2. The Bertz CT molecular complexity index is 1130. The molecule has 27 heavy (non-hydrogen) atoms. The number of nitrogens with one attached hydrogen (secondary N) is 1. The summed E-state index contributed by atoms with van der Waals surface area (Å²) in [5.74, 6) is 0.942. The average molecular weight is 393 g/mol. The quantitative estimate of drug-likeness (QED) is 0.531. The first-order valence-corrected chi connectivity index (χ1v) is 9.09. The van der Waals surface area contributed by atoms with Gasteiger partial charge in [0.05, 0.1) is 4.91 Å². The van der Waals surface area contributed by atoms with E-state index in [4.69, 9.17) is 26.6 Å². The van der Waals surface area contributed by atoms with Crippen LogP contribution in [0.5, 0.6) is 5.75 Å². The second-order valence-corrected chi connectivity index (χ2v) is 7.30. The Kier molecular flexibility index (Phi) is 4.62. The Morgan fingerprint density at radius 3 is 2.85 bits per heavy atom. The van der Waals surface area contributed by atoms with Gasteiger partial charge in [-0.3, -0.25) is 9.78 Å². The number of rotatable bonds is 4. The minimum absolute atomic E-state index is 0.00171. The number of hydrogen-bond acceptors (Lipinski definition) is 7. The summed E-state index contributed by atoms with van der Waals surface area (Å²) in [4.78, 5) is 16.6. The summed E-state index contributed by atoms with van der Waals surface area (Å²) >= 11 is 6.20. The summed E-state index contributed by atoms with van der Waals surface area (Å²) in [5, 5.41) is 12.0. The molecule has 0 spiro atoms. The van der Waals surface area contributed by atoms with Crippen molar-refractivity contribution in [2.75, 3.05) is 6.61 Å². The number of aromatic nitrogens is 1. The third-order valence-corrected chi connectivity index (χ3v) is 4.99. The van der Waals surface area contributed by atoms with Crippen LogP contribution in [0.1, 0.15) is 5.76 Å². The van der Waals surface area contributed by atoms with E-state index in [1.54, 1.807) is 30.6 Å². The predicted molar refractivity (Wildman–Crippen MR) is 107 cm³/mol. The van der Waals surface area contributed by atoms with E-state index in [9.17, 15) is 4.79 Å². The zero-order valence-corrected chi connectivity index (χ0v) is 15.4. The lowest BCUT2D eigenvalue weighted by Crippen LogP contribution is -2.17. The molecule has 8 heteroatoms. The molecule has 132 valence electrons. The highest BCUT2D eigenvalue weighted by Gasteiger charge is 2.22. The molecule has 3 heterocycles. The van der Waals surface area contributed by atoms with Gasteiger partial charge in [0.1, 0.15) is 27.5 Å². The van der Waals surface area contributed by atoms with Crippen LogP contribution in [0, 0.1) is 11.3 Å². The van der Waals surface area contributed by atoms with Crippen LogP contribution in [0.4, 0.5) is 0 Å². The third kappa shape index (κ3) is 3.56. The van der Waals surface area contributed by atoms with Gasteiger partial charge < -0.3 is 14.5 Å². The van der Waals surface area contributed by atoms with Crippen LogP contribution in [0.25, 0.3) is 28.2 Å². The summed E-state index contributed by atoms with van der Waals surface area (Å²) in [6.07, 6.45) is 5.10. The molecule has 0 bridgehead atoms. The SMILES string of the molecule is N#CCOc1ccc(-c2cncc3cc(/C=C4\SC(=S)NC4=O)oc23)cc1. The lowest BCUT2D eigenvalue weighted by Gasteiger charge is -2.04. The number of thioether (sulfide) groups is 1. The van der Waals surface area contributed by atoms with Crippen LogP contribution in [-0.4, -0.2) is 21.8 Å². The molecule has 4 rings (SSSR count). The molecule has 0 radical (unpaired) electrons. The highest BCUT2D eigenvalue weighted by atomic mass is 32.2. The normalized spacial score (nSPS) is 15.1. The molecular formula is C19H11N3O3S2. The predicted octanol–water partition coefficient (Wildman–Crippen LogP) is 3.89. The molecule has 1 amide bonds. The average Bonchev–Trinajstić information content (AvgIpc) is 3.22. The first-order chi connectivity index (χ1) is 13.1. The number of fused-ring (bicyclic) bond motifs is 1. The second-order valence-electron chi connectivity index (χ2n) is 5.58. The van der Waals surface area contributed by atoms with Crippen molar-refractivity contribution in [2.24, 2.45) is 0 Å². The summed E-state index contributed by atoms with van der Waals surface area (Å²) < 4.78 is 11.7. The van der Waals surface area contributed by atoms with Crippen LogP contribution >= 0.6 is 24.0 Å². The molecule has 0 aliphatic carbocycles. The highest BCUT2D eigenvalue weighted by molar-refractivity contribution is 8.26. The van der Waals surface area contributed by atoms with Gasteiger partial charge in [-0.2, -0.15) is 5.26 Å². The van der Waals surface area contributed by atoms with Gasteiger partial charge in [0.25, 0.3) is 5.91 Å². The maximum Gasteiger partial charge on any atom is 0.263 e. The van der Waals surface area contributed by atoms with Crippen molar-refractivity contribution >= 4 is 51.3 Å². The molecule has 0 unspecified atom stereocenters. The van der Waals surface area contributed by atoms with Gasteiger partial charge in [-0.1, -0.05) is 36.1 Å². The Morgan fingerprint density at radius 1 is 1.33 bits per heavy atom. The fourth-order valence-corrected chi connectivity index (χ4v) is 3.68. The van der Waals surface area contributed by atoms with Crippen LogP contribution in [0.15, 0.2) is 52.0 Å². The summed E-state index contributed by atoms with van der Waals surface area (Å²) in [6.45, 7) is 0.00171. The molecule has 1 N–H and O–H groups in total. The number of benzene rings is 1. The second kappa shape index (κ2) is 7.23. The lowest BCUT2D eigenvalue weighted by atomic mass is 10.1. The molecule has 1 aromatic carbocycles. The van der Waals surface area contributed by atoms with E-state index in [0.29, 0.717) is 26.3 Å². The van der Waals surface area contributed by atoms with Gasteiger partial charge in [0.15, 0.2) is 6.61 Å². The number of nitriles is 1. The van der Waals surface area contributed by atoms with Crippen LogP contribution in [-0.2, 0) is 4.79 Å². The van der Waals surface area contributed by atoms with E-state index in [0.717, 1.165) is 16.5 Å². The Morgan fingerprint density at radius 2 is 2.15 bits per heavy atom. The van der Waals surface area contributed by atoms with Gasteiger partial charge >= 0.3 is 0 Å². The minimum Gasteiger partial charge on any atom is -0.479 e. The number of thiocarbonyl (C=S) groups is 1. The molecule has 1 aliphatic heterocycles. The molecule has 0 atom stereocenters. The minimum atomic E-state index is -0.225. The van der Waals surface area contributed by atoms with Crippen LogP contribution in [0.3, 0.4) is 0 Å². The van der Waals surface area contributed by atoms with Crippen molar-refractivity contribution < 1.29 is 13.9 Å². The van der Waals surface area contributed by atoms with Gasteiger partial charge in [-0.05, 0) is 23.8 Å². The molecule has 1 saturated heterocycles. The maximum absolute atomic E-state index is 11.8. The molecule has 3 aromatic rings. The fourth-order valence-electron chi connectivity index (χ4n) is 2.66. The number of carbonyl (C=O) groups excluding carboxylic acids is 1. The Balaban J connectivity index is 1.69. The highest BCUT2D eigenvalue weighted by Crippen LogP contribution is 2.33. The first kappa shape index (κ1) is 17.3. The lowest BCUT2D eigenvalue weighted by molar-refractivity contribution is -0.115. The summed E-state index contributed by atoms with van der Waals surface area (Å²) in [6, 6.07) is 11.1. The van der Waals surface area contributed by atoms with Gasteiger partial charge in [-0.15, -0.1) is 0 Å². The van der Waals surface area contributed by atoms with E-state index in [1.165, 1.54) is 11.8 Å². The van der Waals surface area contributed by atoms with E-state index in [2.05, 4.69) is 10.3 Å². The standard InChI is InChI=1S/C19H11N3O3S2/c20-5-6-24-13-3-1-11(2-4-13)15-10-21-9-12-7-14(25-17(12)15)8-16-18(23)22-19(26)27-16/h1-4,7-10H,6H2,(H,22,23,26)/b16-8-. The molecule has 1 fully saturated rings. The van der Waals surface area contributed by atoms with Crippen molar-refractivity contribution in [2.45, 2.75) is 0 Å². The molecule has 0 saturated carbocycles. The molecule has 1 aliphatic rings. The van der Waals surface area contributed by atoms with Crippen molar-refractivity contribution in [3.63, 3.8) is 0 Å². The van der Waals surface area contributed by atoms with Gasteiger partial charge in [-0.25, -0.2) is 0 Å². The number of ether oxygens (including phenoxy) is 1. The summed E-state index contributed by atoms with van der Waals surface area (Å²) in [5.41, 5.74) is 2.40. The number of furan rings is 1. The number of pyridine rings is 1. The van der Waals surface area contributed by atoms with Crippen molar-refractivity contribution in [3.05, 3.63) is 53.4 Å². The maximum atomic E-state index is 11.8. The molecule has 6 nitrogen and oxygen atoms in total. The van der Waals surface area contributed by atoms with Crippen molar-refractivity contribution in [3.8, 4) is 22.9 Å². The van der Waals surface area contributed by atoms with Crippen molar-refractivity contribution in [1.29, 1.82) is 5.26 Å². The third-order valence-electron chi connectivity index (χ3n) is 3.83. The molecular weight excluding hydrogens is 382 g/mol. The van der Waals surface area contributed by atoms with E-state index in [-0.39, 0.29) is 12.5 Å². The van der Waals surface area contributed by atoms with Crippen LogP contribution < -0.4 is 10.1 Å². The topological polar surface area (TPSA) is 88.1 Å². The van der Waals surface area contributed by atoms with Gasteiger partial charge in [0.2, 0.25) is 0 Å². The zero-order chi connectivity index (χ0) is 18.8. The van der Waals surface area contributed by atoms with E-state index < -0.39 is 0 Å². The Hall–Kier alpha value is -3.15. The van der Waals surface area contributed by atoms with E-state index in [1.807, 2.05) is 24.3 Å². The van der Waals surface area contributed by atoms with Gasteiger partial charge in [0, 0.05) is 29.4 Å². The number of carbonyl (C=O) groups is 1. The Labute approximate surface area is 163 Å². The zero-order valence-electron chi connectivity index (χ0n) is 13.8. The largest absolute Gasteiger partial charge is 0.479 e. The monoisotopic (exact) mass is 393 g/mol. The van der Waals surface area contributed by atoms with Crippen LogP contribution in [0.2, 0.25) is 0 Å². The van der Waals surface area contributed by atoms with E-state index >= 15 is 0 Å². The molecule has 2 aromatic heterocycles. The smallest absolute Gasteiger partial charge is 0.263 e. The number of hydrogen-bond donors (Lipinski definition) is 1. The first-order valence-electron chi connectivity index (χ1n) is 7.86.